The maximum absolute atomic E-state index is 6.41. The molecule has 196 valence electrons. The maximum atomic E-state index is 6.41. The summed E-state index contributed by atoms with van der Waals surface area (Å²) in [6, 6.07) is 36.5. The van der Waals surface area contributed by atoms with Crippen molar-refractivity contribution in [1.82, 2.24) is 19.9 Å². The Morgan fingerprint density at radius 3 is 2.05 bits per heavy atom. The summed E-state index contributed by atoms with van der Waals surface area (Å²) >= 11 is 0. The molecule has 0 radical (unpaired) electrons. The van der Waals surface area contributed by atoms with Gasteiger partial charge in [0.15, 0.2) is 23.1 Å². The van der Waals surface area contributed by atoms with Crippen LogP contribution in [-0.2, 0) is 0 Å². The number of aromatic nitrogens is 4. The first-order valence-corrected chi connectivity index (χ1v) is 13.7. The van der Waals surface area contributed by atoms with Crippen LogP contribution in [0.5, 0.6) is 0 Å². The molecule has 0 atom stereocenters. The molecule has 9 rings (SSSR count). The highest BCUT2D eigenvalue weighted by Gasteiger charge is 2.21. The van der Waals surface area contributed by atoms with Gasteiger partial charge in [-0.3, -0.25) is 4.98 Å². The Labute approximate surface area is 238 Å². The van der Waals surface area contributed by atoms with Gasteiger partial charge in [0.25, 0.3) is 0 Å². The molecule has 0 spiro atoms. The van der Waals surface area contributed by atoms with Gasteiger partial charge in [-0.2, -0.15) is 0 Å². The minimum Gasteiger partial charge on any atom is -0.456 e. The monoisotopic (exact) mass is 540 g/mol. The molecule has 0 aliphatic rings. The molecule has 0 saturated carbocycles. The van der Waals surface area contributed by atoms with Crippen LogP contribution in [0.25, 0.3) is 88.8 Å². The molecule has 0 aliphatic carbocycles. The number of pyridine rings is 1. The molecule has 0 unspecified atom stereocenters. The van der Waals surface area contributed by atoms with Crippen molar-refractivity contribution in [3.8, 4) is 34.2 Å². The Bertz CT molecular complexity index is 2480. The van der Waals surface area contributed by atoms with Gasteiger partial charge < -0.3 is 8.83 Å². The quantitative estimate of drug-likeness (QED) is 0.222. The molecule has 0 aliphatic heterocycles. The largest absolute Gasteiger partial charge is 0.456 e. The third-order valence-corrected chi connectivity index (χ3v) is 7.82. The van der Waals surface area contributed by atoms with Crippen molar-refractivity contribution in [2.45, 2.75) is 0 Å². The molecule has 0 amide bonds. The lowest BCUT2D eigenvalue weighted by atomic mass is 10.0. The van der Waals surface area contributed by atoms with E-state index >= 15 is 0 Å². The normalized spacial score (nSPS) is 11.8. The molecule has 6 nitrogen and oxygen atoms in total. The smallest absolute Gasteiger partial charge is 0.166 e. The van der Waals surface area contributed by atoms with Crippen molar-refractivity contribution < 1.29 is 8.83 Å². The second-order valence-corrected chi connectivity index (χ2v) is 10.3. The van der Waals surface area contributed by atoms with Crippen LogP contribution in [-0.4, -0.2) is 19.9 Å². The minimum absolute atomic E-state index is 0.526. The van der Waals surface area contributed by atoms with E-state index < -0.39 is 0 Å². The summed E-state index contributed by atoms with van der Waals surface area (Å²) < 4.78 is 12.6. The average Bonchev–Trinajstić information content (AvgIpc) is 3.64. The molecule has 42 heavy (non-hydrogen) atoms. The van der Waals surface area contributed by atoms with Crippen molar-refractivity contribution in [2.24, 2.45) is 0 Å². The van der Waals surface area contributed by atoms with E-state index in [2.05, 4.69) is 35.3 Å². The number of benzene rings is 5. The van der Waals surface area contributed by atoms with E-state index in [1.165, 1.54) is 0 Å². The minimum atomic E-state index is 0.526. The fourth-order valence-electron chi connectivity index (χ4n) is 5.92. The van der Waals surface area contributed by atoms with Crippen LogP contribution >= 0.6 is 0 Å². The first kappa shape index (κ1) is 22.9. The molecule has 0 bridgehead atoms. The van der Waals surface area contributed by atoms with E-state index in [0.29, 0.717) is 23.1 Å². The standard InChI is InChI=1S/C36H20N4O2/c1-2-10-22(11-3-1)34-38-35(26-14-8-16-29-31(26)24-13-6-7-15-28(24)41-29)40-36(39-34)27-19-37-20-30-32(27)25-18-17-21-9-4-5-12-23(21)33(25)42-30/h1-20H. The Kier molecular flexibility index (Phi) is 4.80. The molecule has 4 aromatic heterocycles. The van der Waals surface area contributed by atoms with E-state index in [1.54, 1.807) is 6.20 Å². The Hall–Kier alpha value is -5.88. The van der Waals surface area contributed by atoms with Crippen LogP contribution in [0.15, 0.2) is 130 Å². The van der Waals surface area contributed by atoms with Crippen LogP contribution in [0.1, 0.15) is 0 Å². The Morgan fingerprint density at radius 2 is 1.14 bits per heavy atom. The first-order valence-electron chi connectivity index (χ1n) is 13.7. The summed E-state index contributed by atoms with van der Waals surface area (Å²) in [4.78, 5) is 19.6. The lowest BCUT2D eigenvalue weighted by Gasteiger charge is -2.09. The van der Waals surface area contributed by atoms with Crippen LogP contribution in [0, 0.1) is 0 Å². The predicted molar refractivity (Wildman–Crippen MR) is 166 cm³/mol. The van der Waals surface area contributed by atoms with Crippen molar-refractivity contribution in [2.75, 3.05) is 0 Å². The third kappa shape index (κ3) is 3.39. The zero-order chi connectivity index (χ0) is 27.6. The van der Waals surface area contributed by atoms with Gasteiger partial charge in [0.1, 0.15) is 16.7 Å². The Balaban J connectivity index is 1.36. The Morgan fingerprint density at radius 1 is 0.429 bits per heavy atom. The maximum Gasteiger partial charge on any atom is 0.166 e. The number of furan rings is 2. The van der Waals surface area contributed by atoms with Crippen LogP contribution in [0.2, 0.25) is 0 Å². The zero-order valence-electron chi connectivity index (χ0n) is 22.2. The number of para-hydroxylation sites is 1. The first-order chi connectivity index (χ1) is 20.8. The second kappa shape index (κ2) is 8.81. The number of hydrogen-bond acceptors (Lipinski definition) is 6. The average molecular weight is 541 g/mol. The van der Waals surface area contributed by atoms with Crippen molar-refractivity contribution in [3.05, 3.63) is 122 Å². The molecule has 4 heterocycles. The van der Waals surface area contributed by atoms with Gasteiger partial charge >= 0.3 is 0 Å². The molecule has 6 heteroatoms. The van der Waals surface area contributed by atoms with Gasteiger partial charge in [-0.05, 0) is 23.6 Å². The summed E-state index contributed by atoms with van der Waals surface area (Å²) in [5.41, 5.74) is 5.68. The third-order valence-electron chi connectivity index (χ3n) is 7.82. The van der Waals surface area contributed by atoms with Gasteiger partial charge in [-0.15, -0.1) is 0 Å². The molecule has 5 aromatic carbocycles. The fraction of sp³-hybridized carbons (Fsp3) is 0. The molecular formula is C36H20N4O2. The number of rotatable bonds is 3. The van der Waals surface area contributed by atoms with E-state index in [0.717, 1.165) is 65.8 Å². The van der Waals surface area contributed by atoms with Gasteiger partial charge in [0, 0.05) is 49.8 Å². The highest BCUT2D eigenvalue weighted by Crippen LogP contribution is 2.40. The van der Waals surface area contributed by atoms with Gasteiger partial charge in [0.05, 0.1) is 6.20 Å². The van der Waals surface area contributed by atoms with Crippen molar-refractivity contribution >= 4 is 54.6 Å². The summed E-state index contributed by atoms with van der Waals surface area (Å²) in [6.07, 6.45) is 3.57. The van der Waals surface area contributed by atoms with Crippen molar-refractivity contribution in [3.63, 3.8) is 0 Å². The molecule has 0 fully saturated rings. The van der Waals surface area contributed by atoms with Crippen LogP contribution in [0.3, 0.4) is 0 Å². The van der Waals surface area contributed by atoms with E-state index in [9.17, 15) is 0 Å². The fourth-order valence-corrected chi connectivity index (χ4v) is 5.92. The van der Waals surface area contributed by atoms with Gasteiger partial charge in [0.2, 0.25) is 0 Å². The van der Waals surface area contributed by atoms with E-state index in [4.69, 9.17) is 23.8 Å². The highest BCUT2D eigenvalue weighted by atomic mass is 16.3. The van der Waals surface area contributed by atoms with Gasteiger partial charge in [-0.25, -0.2) is 15.0 Å². The second-order valence-electron chi connectivity index (χ2n) is 10.3. The van der Waals surface area contributed by atoms with Gasteiger partial charge in [-0.1, -0.05) is 91.0 Å². The molecular weight excluding hydrogens is 520 g/mol. The lowest BCUT2D eigenvalue weighted by Crippen LogP contribution is -2.01. The topological polar surface area (TPSA) is 77.8 Å². The summed E-state index contributed by atoms with van der Waals surface area (Å²) in [5.74, 6) is 1.67. The predicted octanol–water partition coefficient (Wildman–Crippen LogP) is 9.22. The lowest BCUT2D eigenvalue weighted by molar-refractivity contribution is 0.669. The zero-order valence-corrected chi connectivity index (χ0v) is 22.2. The summed E-state index contributed by atoms with van der Waals surface area (Å²) in [6.45, 7) is 0. The van der Waals surface area contributed by atoms with Crippen LogP contribution < -0.4 is 0 Å². The van der Waals surface area contributed by atoms with Crippen molar-refractivity contribution in [1.29, 1.82) is 0 Å². The number of nitrogens with zero attached hydrogens (tertiary/aromatic N) is 4. The molecule has 0 saturated heterocycles. The van der Waals surface area contributed by atoms with Crippen LogP contribution in [0.4, 0.5) is 0 Å². The molecule has 9 aromatic rings. The highest BCUT2D eigenvalue weighted by molar-refractivity contribution is 6.18. The summed E-state index contributed by atoms with van der Waals surface area (Å²) in [5, 5.41) is 6.08. The van der Waals surface area contributed by atoms with E-state index in [-0.39, 0.29) is 0 Å². The molecule has 0 N–H and O–H groups in total. The number of hydrogen-bond donors (Lipinski definition) is 0. The van der Waals surface area contributed by atoms with E-state index in [1.807, 2.05) is 85.1 Å². The SMILES string of the molecule is c1ccc(-c2nc(-c3cccc4oc5ccccc5c34)nc(-c3cncc4oc5c6ccccc6ccc5c34)n2)cc1. The number of fused-ring (bicyclic) bond motifs is 8. The summed E-state index contributed by atoms with van der Waals surface area (Å²) in [7, 11) is 0.